The third-order valence-corrected chi connectivity index (χ3v) is 2.41. The summed E-state index contributed by atoms with van der Waals surface area (Å²) in [4.78, 5) is 13.8. The maximum Gasteiger partial charge on any atom is 0.573 e. The molecule has 0 aliphatic rings. The maximum atomic E-state index is 12.5. The van der Waals surface area contributed by atoms with E-state index in [2.05, 4.69) is 9.72 Å². The van der Waals surface area contributed by atoms with E-state index in [1.807, 2.05) is 0 Å². The lowest BCUT2D eigenvalue weighted by Crippen LogP contribution is -2.19. The average molecular weight is 383 g/mol. The number of hydrogen-bond donors (Lipinski definition) is 1. The van der Waals surface area contributed by atoms with Crippen LogP contribution in [0.5, 0.6) is 5.75 Å². The molecule has 0 saturated carbocycles. The second-order valence-electron chi connectivity index (χ2n) is 2.87. The minimum absolute atomic E-state index is 0.316. The van der Waals surface area contributed by atoms with Gasteiger partial charge < -0.3 is 9.84 Å². The molecule has 0 unspecified atom stereocenters. The van der Waals surface area contributed by atoms with Crippen LogP contribution in [0.25, 0.3) is 0 Å². The normalized spacial score (nSPS) is 11.7. The number of ether oxygens (including phenoxy) is 1. The van der Waals surface area contributed by atoms with E-state index in [-0.39, 0.29) is 0 Å². The van der Waals surface area contributed by atoms with Gasteiger partial charge in [0, 0.05) is 0 Å². The fourth-order valence-electron chi connectivity index (χ4n) is 1.02. The average Bonchev–Trinajstić information content (AvgIpc) is 2.17. The molecule has 0 saturated heterocycles. The lowest BCUT2D eigenvalue weighted by atomic mass is 10.2. The van der Waals surface area contributed by atoms with Gasteiger partial charge in [-0.3, -0.25) is 0 Å². The Kier molecular flexibility index (Phi) is 4.29. The zero-order valence-electron chi connectivity index (χ0n) is 8.13. The Morgan fingerprint density at radius 3 is 2.39 bits per heavy atom. The fraction of sp³-hybridized carbons (Fsp3) is 0.250. The van der Waals surface area contributed by atoms with E-state index >= 15 is 0 Å². The SMILES string of the molecule is O=C(O)c1nc(I)c(OC(F)(F)F)cc1C(F)F. The quantitative estimate of drug-likeness (QED) is 0.495. The zero-order chi connectivity index (χ0) is 14.1. The molecule has 0 aliphatic heterocycles. The lowest BCUT2D eigenvalue weighted by molar-refractivity contribution is -0.275. The van der Waals surface area contributed by atoms with Crippen molar-refractivity contribution in [2.45, 2.75) is 12.8 Å². The van der Waals surface area contributed by atoms with E-state index in [9.17, 15) is 26.7 Å². The summed E-state index contributed by atoms with van der Waals surface area (Å²) in [5.74, 6) is -2.73. The third-order valence-electron chi connectivity index (χ3n) is 1.64. The van der Waals surface area contributed by atoms with Crippen LogP contribution in [0.3, 0.4) is 0 Å². The molecule has 1 rings (SSSR count). The smallest absolute Gasteiger partial charge is 0.476 e. The molecular weight excluding hydrogens is 380 g/mol. The second-order valence-corrected chi connectivity index (χ2v) is 3.89. The number of hydrogen-bond acceptors (Lipinski definition) is 3. The molecule has 18 heavy (non-hydrogen) atoms. The number of rotatable bonds is 3. The van der Waals surface area contributed by atoms with Gasteiger partial charge in [0.2, 0.25) is 0 Å². The van der Waals surface area contributed by atoms with Crippen molar-refractivity contribution < 1.29 is 36.6 Å². The molecule has 4 nitrogen and oxygen atoms in total. The fourth-order valence-corrected chi connectivity index (χ4v) is 1.53. The van der Waals surface area contributed by atoms with Gasteiger partial charge in [-0.1, -0.05) is 0 Å². The van der Waals surface area contributed by atoms with Gasteiger partial charge in [0.05, 0.1) is 5.56 Å². The van der Waals surface area contributed by atoms with Crippen LogP contribution in [0.2, 0.25) is 0 Å². The number of aromatic carboxylic acids is 1. The summed E-state index contributed by atoms with van der Waals surface area (Å²) in [5, 5.41) is 8.60. The number of carboxylic acid groups (broad SMARTS) is 1. The summed E-state index contributed by atoms with van der Waals surface area (Å²) in [7, 11) is 0. The number of nitrogens with zero attached hydrogens (tertiary/aromatic N) is 1. The van der Waals surface area contributed by atoms with E-state index < -0.39 is 39.5 Å². The Bertz CT molecular complexity index is 477. The molecule has 1 heterocycles. The number of pyridine rings is 1. The summed E-state index contributed by atoms with van der Waals surface area (Å²) in [6.45, 7) is 0. The van der Waals surface area contributed by atoms with Gasteiger partial charge in [0.1, 0.15) is 3.70 Å². The van der Waals surface area contributed by atoms with Gasteiger partial charge in [0.15, 0.2) is 11.4 Å². The number of alkyl halides is 5. The minimum Gasteiger partial charge on any atom is -0.476 e. The van der Waals surface area contributed by atoms with Gasteiger partial charge in [-0.25, -0.2) is 18.6 Å². The van der Waals surface area contributed by atoms with Crippen molar-refractivity contribution in [3.8, 4) is 5.75 Å². The first kappa shape index (κ1) is 14.9. The molecule has 0 fully saturated rings. The molecule has 1 aromatic rings. The van der Waals surface area contributed by atoms with Crippen LogP contribution in [0.4, 0.5) is 22.0 Å². The summed E-state index contributed by atoms with van der Waals surface area (Å²) >= 11 is 1.26. The molecule has 0 bridgehead atoms. The van der Waals surface area contributed by atoms with Crippen molar-refractivity contribution in [3.05, 3.63) is 21.0 Å². The van der Waals surface area contributed by atoms with Crippen molar-refractivity contribution in [1.82, 2.24) is 4.98 Å². The van der Waals surface area contributed by atoms with Crippen LogP contribution in [-0.2, 0) is 0 Å². The molecule has 0 radical (unpaired) electrons. The Morgan fingerprint density at radius 1 is 1.44 bits per heavy atom. The molecule has 1 N–H and O–H groups in total. The number of carbonyl (C=O) groups is 1. The topological polar surface area (TPSA) is 59.4 Å². The highest BCUT2D eigenvalue weighted by Crippen LogP contribution is 2.32. The van der Waals surface area contributed by atoms with Crippen LogP contribution < -0.4 is 4.74 Å². The van der Waals surface area contributed by atoms with Crippen LogP contribution in [0, 0.1) is 3.70 Å². The minimum atomic E-state index is -5.08. The molecule has 0 aromatic carbocycles. The Balaban J connectivity index is 3.32. The van der Waals surface area contributed by atoms with Crippen molar-refractivity contribution in [2.75, 3.05) is 0 Å². The van der Waals surface area contributed by atoms with Crippen LogP contribution in [-0.4, -0.2) is 22.4 Å². The first-order chi connectivity index (χ1) is 8.11. The number of halogens is 6. The molecule has 0 atom stereocenters. The Hall–Kier alpha value is -1.20. The molecule has 100 valence electrons. The first-order valence-corrected chi connectivity index (χ1v) is 5.17. The van der Waals surface area contributed by atoms with Crippen molar-refractivity contribution in [2.24, 2.45) is 0 Å². The van der Waals surface area contributed by atoms with Gasteiger partial charge in [-0.05, 0) is 28.7 Å². The molecule has 0 aliphatic carbocycles. The number of aromatic nitrogens is 1. The van der Waals surface area contributed by atoms with Crippen molar-refractivity contribution >= 4 is 28.6 Å². The molecular formula is C8H3F5INO3. The van der Waals surface area contributed by atoms with E-state index in [1.54, 1.807) is 0 Å². The molecule has 10 heteroatoms. The molecule has 0 amide bonds. The predicted octanol–water partition coefficient (Wildman–Crippen LogP) is 3.22. The summed E-state index contributed by atoms with van der Waals surface area (Å²) < 4.78 is 63.8. The van der Waals surface area contributed by atoms with Gasteiger partial charge in [-0.15, -0.1) is 13.2 Å². The molecule has 1 aromatic heterocycles. The van der Waals surface area contributed by atoms with Crippen LogP contribution >= 0.6 is 22.6 Å². The predicted molar refractivity (Wildman–Crippen MR) is 55.6 cm³/mol. The highest BCUT2D eigenvalue weighted by molar-refractivity contribution is 14.1. The van der Waals surface area contributed by atoms with Gasteiger partial charge in [-0.2, -0.15) is 0 Å². The zero-order valence-corrected chi connectivity index (χ0v) is 10.3. The van der Waals surface area contributed by atoms with Crippen molar-refractivity contribution in [1.29, 1.82) is 0 Å². The Morgan fingerprint density at radius 2 is 2.00 bits per heavy atom. The third kappa shape index (κ3) is 3.65. The maximum absolute atomic E-state index is 12.5. The lowest BCUT2D eigenvalue weighted by Gasteiger charge is -2.12. The largest absolute Gasteiger partial charge is 0.573 e. The van der Waals surface area contributed by atoms with E-state index in [0.29, 0.717) is 6.07 Å². The molecule has 0 spiro atoms. The van der Waals surface area contributed by atoms with E-state index in [0.717, 1.165) is 0 Å². The van der Waals surface area contributed by atoms with Gasteiger partial charge in [0.25, 0.3) is 6.43 Å². The monoisotopic (exact) mass is 383 g/mol. The van der Waals surface area contributed by atoms with E-state index in [1.165, 1.54) is 22.6 Å². The summed E-state index contributed by atoms with van der Waals surface area (Å²) in [6.07, 6.45) is -8.36. The first-order valence-electron chi connectivity index (χ1n) is 4.09. The number of carboxylic acids is 1. The summed E-state index contributed by atoms with van der Waals surface area (Å²) in [6, 6.07) is 0.316. The highest BCUT2D eigenvalue weighted by Gasteiger charge is 2.33. The highest BCUT2D eigenvalue weighted by atomic mass is 127. The second kappa shape index (κ2) is 5.20. The van der Waals surface area contributed by atoms with Gasteiger partial charge >= 0.3 is 12.3 Å². The van der Waals surface area contributed by atoms with Crippen LogP contribution in [0.1, 0.15) is 22.5 Å². The standard InChI is InChI=1S/C8H3F5INO3/c9-5(10)2-1-3(18-8(11,12)13)6(14)15-4(2)7(16)17/h1,5H,(H,16,17). The van der Waals surface area contributed by atoms with E-state index in [4.69, 9.17) is 5.11 Å². The van der Waals surface area contributed by atoms with Crippen molar-refractivity contribution in [3.63, 3.8) is 0 Å². The Labute approximate surface area is 110 Å². The van der Waals surface area contributed by atoms with Crippen LogP contribution in [0.15, 0.2) is 6.07 Å². The summed E-state index contributed by atoms with van der Waals surface area (Å²) in [5.41, 5.74) is -2.15.